The highest BCUT2D eigenvalue weighted by atomic mass is 19.1. The number of rotatable bonds is 5. The Labute approximate surface area is 167 Å². The van der Waals surface area contributed by atoms with Crippen LogP contribution in [0.5, 0.6) is 5.75 Å². The first-order valence-corrected chi connectivity index (χ1v) is 9.07. The maximum Gasteiger partial charge on any atom is 0.181 e. The van der Waals surface area contributed by atoms with Crippen LogP contribution in [0.15, 0.2) is 55.0 Å². The molecule has 2 heterocycles. The summed E-state index contributed by atoms with van der Waals surface area (Å²) in [5.74, 6) is 1.73. The Morgan fingerprint density at radius 1 is 1.07 bits per heavy atom. The molecule has 6 nitrogen and oxygen atoms in total. The van der Waals surface area contributed by atoms with E-state index >= 15 is 0 Å². The highest BCUT2D eigenvalue weighted by Crippen LogP contribution is 2.28. The largest absolute Gasteiger partial charge is 0.495 e. The lowest BCUT2D eigenvalue weighted by molar-refractivity contribution is 0.413. The summed E-state index contributed by atoms with van der Waals surface area (Å²) in [6.07, 6.45) is 7.42. The molecule has 0 bridgehead atoms. The van der Waals surface area contributed by atoms with E-state index in [2.05, 4.69) is 15.1 Å². The van der Waals surface area contributed by atoms with Crippen LogP contribution in [0.25, 0.3) is 29.2 Å². The van der Waals surface area contributed by atoms with Crippen molar-refractivity contribution in [3.05, 3.63) is 77.9 Å². The fraction of sp³-hybridized carbons (Fsp3) is 0.136. The molecule has 0 radical (unpaired) electrons. The summed E-state index contributed by atoms with van der Waals surface area (Å²) in [5, 5.41) is 4.51. The van der Waals surface area contributed by atoms with Gasteiger partial charge in [-0.15, -0.1) is 0 Å². The number of benzene rings is 2. The SMILES string of the molecule is COc1cc(-c2nc(C=Cc3ccc(F)cc3)n(C)n2)ccc1-n1cnc(C)c1. The minimum atomic E-state index is -0.258. The summed E-state index contributed by atoms with van der Waals surface area (Å²) >= 11 is 0. The molecule has 0 aliphatic rings. The Hall–Kier alpha value is -3.74. The van der Waals surface area contributed by atoms with E-state index in [1.807, 2.05) is 55.1 Å². The number of nitrogens with zero attached hydrogens (tertiary/aromatic N) is 5. The summed E-state index contributed by atoms with van der Waals surface area (Å²) < 4.78 is 22.2. The van der Waals surface area contributed by atoms with Gasteiger partial charge in [0.05, 0.1) is 24.8 Å². The molecule has 7 heteroatoms. The van der Waals surface area contributed by atoms with Crippen molar-refractivity contribution in [3.63, 3.8) is 0 Å². The lowest BCUT2D eigenvalue weighted by Crippen LogP contribution is -1.96. The molecule has 0 saturated heterocycles. The van der Waals surface area contributed by atoms with E-state index in [0.717, 1.165) is 22.5 Å². The molecule has 2 aromatic carbocycles. The smallest absolute Gasteiger partial charge is 0.181 e. The number of methoxy groups -OCH3 is 1. The summed E-state index contributed by atoms with van der Waals surface area (Å²) in [7, 11) is 3.47. The van der Waals surface area contributed by atoms with E-state index in [1.54, 1.807) is 30.3 Å². The van der Waals surface area contributed by atoms with Crippen molar-refractivity contribution >= 4 is 12.2 Å². The van der Waals surface area contributed by atoms with E-state index in [4.69, 9.17) is 4.74 Å². The van der Waals surface area contributed by atoms with Crippen LogP contribution in [0, 0.1) is 12.7 Å². The van der Waals surface area contributed by atoms with Gasteiger partial charge < -0.3 is 9.30 Å². The lowest BCUT2D eigenvalue weighted by atomic mass is 10.1. The summed E-state index contributed by atoms with van der Waals surface area (Å²) in [6.45, 7) is 1.94. The third-order valence-corrected chi connectivity index (χ3v) is 4.52. The van der Waals surface area contributed by atoms with Crippen molar-refractivity contribution in [1.29, 1.82) is 0 Å². The minimum absolute atomic E-state index is 0.258. The van der Waals surface area contributed by atoms with Gasteiger partial charge in [-0.25, -0.2) is 19.0 Å². The van der Waals surface area contributed by atoms with Gasteiger partial charge in [0.2, 0.25) is 0 Å². The number of hydrogen-bond donors (Lipinski definition) is 0. The van der Waals surface area contributed by atoms with Gasteiger partial charge in [-0.3, -0.25) is 0 Å². The topological polar surface area (TPSA) is 57.8 Å². The van der Waals surface area contributed by atoms with Crippen LogP contribution in [0.3, 0.4) is 0 Å². The van der Waals surface area contributed by atoms with Gasteiger partial charge in [-0.1, -0.05) is 18.2 Å². The summed E-state index contributed by atoms with van der Waals surface area (Å²) in [6, 6.07) is 12.1. The molecule has 0 amide bonds. The van der Waals surface area contributed by atoms with E-state index < -0.39 is 0 Å². The second-order valence-electron chi connectivity index (χ2n) is 6.61. The maximum absolute atomic E-state index is 13.0. The van der Waals surface area contributed by atoms with E-state index in [1.165, 1.54) is 12.1 Å². The molecule has 4 rings (SSSR count). The van der Waals surface area contributed by atoms with Gasteiger partial charge >= 0.3 is 0 Å². The van der Waals surface area contributed by atoms with Crippen LogP contribution in [0.4, 0.5) is 4.39 Å². The first kappa shape index (κ1) is 18.6. The number of imidazole rings is 1. The minimum Gasteiger partial charge on any atom is -0.495 e. The number of ether oxygens (including phenoxy) is 1. The normalized spacial score (nSPS) is 11.3. The van der Waals surface area contributed by atoms with Gasteiger partial charge in [0.15, 0.2) is 11.6 Å². The first-order valence-electron chi connectivity index (χ1n) is 9.07. The molecule has 0 saturated carbocycles. The summed E-state index contributed by atoms with van der Waals surface area (Å²) in [5.41, 5.74) is 3.56. The third kappa shape index (κ3) is 3.94. The van der Waals surface area contributed by atoms with E-state index in [9.17, 15) is 4.39 Å². The monoisotopic (exact) mass is 389 g/mol. The highest BCUT2D eigenvalue weighted by Gasteiger charge is 2.12. The van der Waals surface area contributed by atoms with Gasteiger partial charge in [-0.2, -0.15) is 5.10 Å². The van der Waals surface area contributed by atoms with Crippen molar-refractivity contribution in [2.45, 2.75) is 6.92 Å². The Kier molecular flexibility index (Phi) is 4.95. The van der Waals surface area contributed by atoms with Gasteiger partial charge in [0.25, 0.3) is 0 Å². The number of halogens is 1. The second kappa shape index (κ2) is 7.71. The van der Waals surface area contributed by atoms with Crippen molar-refractivity contribution < 1.29 is 9.13 Å². The number of aryl methyl sites for hydroxylation is 2. The Bertz CT molecular complexity index is 1170. The van der Waals surface area contributed by atoms with Gasteiger partial charge in [0.1, 0.15) is 11.6 Å². The predicted octanol–water partition coefficient (Wildman–Crippen LogP) is 4.29. The Balaban J connectivity index is 1.63. The fourth-order valence-electron chi connectivity index (χ4n) is 2.99. The quantitative estimate of drug-likeness (QED) is 0.511. The molecular formula is C22H20FN5O. The molecule has 0 aliphatic carbocycles. The molecule has 0 atom stereocenters. The average molecular weight is 389 g/mol. The molecule has 29 heavy (non-hydrogen) atoms. The second-order valence-corrected chi connectivity index (χ2v) is 6.61. The highest BCUT2D eigenvalue weighted by molar-refractivity contribution is 5.69. The van der Waals surface area contributed by atoms with Crippen molar-refractivity contribution in [2.75, 3.05) is 7.11 Å². The van der Waals surface area contributed by atoms with Crippen LogP contribution >= 0.6 is 0 Å². The molecule has 0 N–H and O–H groups in total. The Morgan fingerprint density at radius 2 is 1.86 bits per heavy atom. The predicted molar refractivity (Wildman–Crippen MR) is 110 cm³/mol. The summed E-state index contributed by atoms with van der Waals surface area (Å²) in [4.78, 5) is 8.88. The zero-order valence-electron chi connectivity index (χ0n) is 16.4. The molecule has 0 unspecified atom stereocenters. The van der Waals surface area contributed by atoms with Crippen LogP contribution < -0.4 is 4.74 Å². The average Bonchev–Trinajstić information content (AvgIpc) is 3.32. The molecular weight excluding hydrogens is 369 g/mol. The van der Waals surface area contributed by atoms with E-state index in [0.29, 0.717) is 17.4 Å². The first-order chi connectivity index (χ1) is 14.0. The molecule has 0 spiro atoms. The number of aromatic nitrogens is 5. The van der Waals surface area contributed by atoms with Crippen LogP contribution in [0.1, 0.15) is 17.1 Å². The molecule has 2 aromatic heterocycles. The standard InChI is InChI=1S/C22H20FN5O/c1-15-13-28(14-24-15)19-10-7-17(12-20(19)29-3)22-25-21(27(2)26-22)11-6-16-4-8-18(23)9-5-16/h4-14H,1-3H3. The number of hydrogen-bond acceptors (Lipinski definition) is 4. The fourth-order valence-corrected chi connectivity index (χ4v) is 2.99. The Morgan fingerprint density at radius 3 is 2.55 bits per heavy atom. The van der Waals surface area contributed by atoms with E-state index in [-0.39, 0.29) is 5.82 Å². The zero-order valence-corrected chi connectivity index (χ0v) is 16.4. The van der Waals surface area contributed by atoms with Gasteiger partial charge in [0, 0.05) is 18.8 Å². The van der Waals surface area contributed by atoms with Gasteiger partial charge in [-0.05, 0) is 48.9 Å². The molecule has 4 aromatic rings. The maximum atomic E-state index is 13.0. The van der Waals surface area contributed by atoms with Crippen LogP contribution in [0.2, 0.25) is 0 Å². The van der Waals surface area contributed by atoms with Crippen LogP contribution in [-0.2, 0) is 7.05 Å². The molecule has 0 aliphatic heterocycles. The molecule has 146 valence electrons. The zero-order chi connectivity index (χ0) is 20.4. The van der Waals surface area contributed by atoms with Crippen molar-refractivity contribution in [2.24, 2.45) is 7.05 Å². The van der Waals surface area contributed by atoms with Crippen LogP contribution in [-0.4, -0.2) is 31.4 Å². The van der Waals surface area contributed by atoms with Crippen molar-refractivity contribution in [1.82, 2.24) is 24.3 Å². The van der Waals surface area contributed by atoms with Crippen molar-refractivity contribution in [3.8, 4) is 22.8 Å². The third-order valence-electron chi connectivity index (χ3n) is 4.52. The lowest BCUT2D eigenvalue weighted by Gasteiger charge is -2.10. The molecule has 0 fully saturated rings.